The summed E-state index contributed by atoms with van der Waals surface area (Å²) in [5.74, 6) is -0.0515. The number of nitrogens with one attached hydrogen (secondary N) is 1. The van der Waals surface area contributed by atoms with Gasteiger partial charge in [-0.15, -0.1) is 0 Å². The first-order valence-corrected chi connectivity index (χ1v) is 12.3. The van der Waals surface area contributed by atoms with E-state index in [0.717, 1.165) is 15.4 Å². The Morgan fingerprint density at radius 3 is 2.15 bits per heavy atom. The third-order valence-electron chi connectivity index (χ3n) is 5.34. The van der Waals surface area contributed by atoms with Crippen LogP contribution in [0.4, 0.5) is 0 Å². The molecule has 8 nitrogen and oxygen atoms in total. The number of likely N-dealkylation sites (N-methyl/N-ethyl adjacent to an activating group) is 2. The quantitative estimate of drug-likeness (QED) is 0.539. The SMILES string of the molecule is CCNC(=O)[C@H](CC)N(Cc1ccc(OC)cc1)C(=O)CN(C)S(=O)(=O)c1ccc(C)cc1. The minimum Gasteiger partial charge on any atom is -0.497 e. The van der Waals surface area contributed by atoms with E-state index in [1.165, 1.54) is 24.1 Å². The topological polar surface area (TPSA) is 96.0 Å². The molecule has 0 aliphatic rings. The predicted molar refractivity (Wildman–Crippen MR) is 127 cm³/mol. The van der Waals surface area contributed by atoms with Crippen molar-refractivity contribution in [3.05, 3.63) is 59.7 Å². The van der Waals surface area contributed by atoms with Crippen molar-refractivity contribution in [3.8, 4) is 5.75 Å². The summed E-state index contributed by atoms with van der Waals surface area (Å²) in [5.41, 5.74) is 1.74. The number of aryl methyl sites for hydroxylation is 1. The van der Waals surface area contributed by atoms with Crippen LogP contribution in [0.1, 0.15) is 31.4 Å². The highest BCUT2D eigenvalue weighted by Crippen LogP contribution is 2.19. The van der Waals surface area contributed by atoms with E-state index in [1.807, 2.05) is 32.9 Å². The molecule has 2 aromatic rings. The number of carbonyl (C=O) groups is 2. The fraction of sp³-hybridized carbons (Fsp3) is 0.417. The van der Waals surface area contributed by atoms with Gasteiger partial charge in [0.25, 0.3) is 0 Å². The molecule has 9 heteroatoms. The summed E-state index contributed by atoms with van der Waals surface area (Å²) in [6, 6.07) is 12.9. The number of rotatable bonds is 11. The second-order valence-electron chi connectivity index (χ2n) is 7.76. The molecule has 0 spiro atoms. The van der Waals surface area contributed by atoms with Crippen molar-refractivity contribution in [1.82, 2.24) is 14.5 Å². The fourth-order valence-corrected chi connectivity index (χ4v) is 4.52. The lowest BCUT2D eigenvalue weighted by molar-refractivity contribution is -0.141. The summed E-state index contributed by atoms with van der Waals surface area (Å²) in [6.45, 7) is 5.71. The van der Waals surface area contributed by atoms with Crippen molar-refractivity contribution >= 4 is 21.8 Å². The van der Waals surface area contributed by atoms with Crippen molar-refractivity contribution in [1.29, 1.82) is 0 Å². The normalized spacial score (nSPS) is 12.3. The van der Waals surface area contributed by atoms with Gasteiger partial charge < -0.3 is 15.0 Å². The van der Waals surface area contributed by atoms with Gasteiger partial charge in [-0.3, -0.25) is 9.59 Å². The van der Waals surface area contributed by atoms with E-state index in [9.17, 15) is 18.0 Å². The van der Waals surface area contributed by atoms with Crippen molar-refractivity contribution in [3.63, 3.8) is 0 Å². The maximum atomic E-state index is 13.3. The Balaban J connectivity index is 2.30. The van der Waals surface area contributed by atoms with Crippen LogP contribution < -0.4 is 10.1 Å². The number of sulfonamides is 1. The monoisotopic (exact) mass is 475 g/mol. The van der Waals surface area contributed by atoms with Gasteiger partial charge in [-0.05, 0) is 50.1 Å². The lowest BCUT2D eigenvalue weighted by Crippen LogP contribution is -2.51. The van der Waals surface area contributed by atoms with Gasteiger partial charge >= 0.3 is 0 Å². The van der Waals surface area contributed by atoms with Crippen molar-refractivity contribution in [2.75, 3.05) is 27.2 Å². The van der Waals surface area contributed by atoms with E-state index in [0.29, 0.717) is 18.7 Å². The molecule has 1 N–H and O–H groups in total. The van der Waals surface area contributed by atoms with Crippen LogP contribution in [0.5, 0.6) is 5.75 Å². The van der Waals surface area contributed by atoms with Gasteiger partial charge in [-0.25, -0.2) is 8.42 Å². The number of benzene rings is 2. The average Bonchev–Trinajstić information content (AvgIpc) is 2.79. The lowest BCUT2D eigenvalue weighted by Gasteiger charge is -2.32. The summed E-state index contributed by atoms with van der Waals surface area (Å²) in [5, 5.41) is 2.77. The second-order valence-corrected chi connectivity index (χ2v) is 9.81. The number of hydrogen-bond donors (Lipinski definition) is 1. The maximum Gasteiger partial charge on any atom is 0.243 e. The molecule has 0 aliphatic carbocycles. The Kier molecular flexibility index (Phi) is 9.43. The van der Waals surface area contributed by atoms with Gasteiger partial charge in [0.2, 0.25) is 21.8 Å². The minimum absolute atomic E-state index is 0.112. The standard InChI is InChI=1S/C24H33N3O5S/c1-6-22(24(29)25-7-2)27(16-19-10-12-20(32-5)13-11-19)23(28)17-26(4)33(30,31)21-14-8-18(3)9-15-21/h8-15,22H,6-7,16-17H2,1-5H3,(H,25,29)/t22-/m0/s1. The second kappa shape index (κ2) is 11.8. The third kappa shape index (κ3) is 6.79. The first-order valence-electron chi connectivity index (χ1n) is 10.9. The van der Waals surface area contributed by atoms with Crippen LogP contribution >= 0.6 is 0 Å². The van der Waals surface area contributed by atoms with Crippen molar-refractivity contribution < 1.29 is 22.7 Å². The molecule has 0 aliphatic heterocycles. The van der Waals surface area contributed by atoms with E-state index in [4.69, 9.17) is 4.74 Å². The lowest BCUT2D eigenvalue weighted by atomic mass is 10.1. The molecular formula is C24H33N3O5S. The zero-order valence-corrected chi connectivity index (χ0v) is 20.7. The summed E-state index contributed by atoms with van der Waals surface area (Å²) in [7, 11) is -0.927. The van der Waals surface area contributed by atoms with Gasteiger partial charge in [0.05, 0.1) is 18.6 Å². The van der Waals surface area contributed by atoms with E-state index in [1.54, 1.807) is 31.4 Å². The van der Waals surface area contributed by atoms with Gasteiger partial charge in [-0.1, -0.05) is 36.8 Å². The summed E-state index contributed by atoms with van der Waals surface area (Å²) >= 11 is 0. The molecule has 0 unspecified atom stereocenters. The number of amides is 2. The average molecular weight is 476 g/mol. The summed E-state index contributed by atoms with van der Waals surface area (Å²) in [6.07, 6.45) is 0.391. The van der Waals surface area contributed by atoms with Crippen LogP contribution in [0.15, 0.2) is 53.4 Å². The van der Waals surface area contributed by atoms with E-state index >= 15 is 0 Å². The summed E-state index contributed by atoms with van der Waals surface area (Å²) < 4.78 is 32.1. The fourth-order valence-electron chi connectivity index (χ4n) is 3.40. The van der Waals surface area contributed by atoms with Crippen molar-refractivity contribution in [2.45, 2.75) is 44.7 Å². The van der Waals surface area contributed by atoms with Gasteiger partial charge in [0.15, 0.2) is 0 Å². The number of hydrogen-bond acceptors (Lipinski definition) is 5. The van der Waals surface area contributed by atoms with Gasteiger partial charge in [0, 0.05) is 20.1 Å². The smallest absolute Gasteiger partial charge is 0.243 e. The predicted octanol–water partition coefficient (Wildman–Crippen LogP) is 2.57. The molecule has 1 atom stereocenters. The molecular weight excluding hydrogens is 442 g/mol. The molecule has 0 bridgehead atoms. The van der Waals surface area contributed by atoms with Crippen LogP contribution in [0, 0.1) is 6.92 Å². The van der Waals surface area contributed by atoms with Crippen LogP contribution in [-0.2, 0) is 26.2 Å². The first kappa shape index (κ1) is 26.3. The Hall–Kier alpha value is -2.91. The Labute approximate surface area is 196 Å². The molecule has 0 heterocycles. The molecule has 2 rings (SSSR count). The van der Waals surface area contributed by atoms with E-state index in [2.05, 4.69) is 5.32 Å². The Morgan fingerprint density at radius 2 is 1.64 bits per heavy atom. The van der Waals surface area contributed by atoms with E-state index in [-0.39, 0.29) is 23.9 Å². The van der Waals surface area contributed by atoms with Crippen LogP contribution in [0.3, 0.4) is 0 Å². The highest BCUT2D eigenvalue weighted by Gasteiger charge is 2.31. The highest BCUT2D eigenvalue weighted by molar-refractivity contribution is 7.89. The molecule has 0 saturated carbocycles. The van der Waals surface area contributed by atoms with Crippen molar-refractivity contribution in [2.24, 2.45) is 0 Å². The molecule has 180 valence electrons. The molecule has 33 heavy (non-hydrogen) atoms. The maximum absolute atomic E-state index is 13.3. The molecule has 0 saturated heterocycles. The highest BCUT2D eigenvalue weighted by atomic mass is 32.2. The molecule has 2 amide bonds. The molecule has 0 fully saturated rings. The zero-order valence-electron chi connectivity index (χ0n) is 19.9. The van der Waals surface area contributed by atoms with Gasteiger partial charge in [0.1, 0.15) is 11.8 Å². The molecule has 2 aromatic carbocycles. The molecule has 0 aromatic heterocycles. The third-order valence-corrected chi connectivity index (χ3v) is 7.15. The van der Waals surface area contributed by atoms with E-state index < -0.39 is 22.0 Å². The Bertz CT molecular complexity index is 1040. The van der Waals surface area contributed by atoms with Crippen LogP contribution in [0.25, 0.3) is 0 Å². The first-order chi connectivity index (χ1) is 15.6. The molecule has 0 radical (unpaired) electrons. The number of methoxy groups -OCH3 is 1. The zero-order chi connectivity index (χ0) is 24.6. The van der Waals surface area contributed by atoms with Crippen LogP contribution in [0.2, 0.25) is 0 Å². The Morgan fingerprint density at radius 1 is 1.03 bits per heavy atom. The largest absolute Gasteiger partial charge is 0.497 e. The minimum atomic E-state index is -3.86. The van der Waals surface area contributed by atoms with Crippen LogP contribution in [-0.4, -0.2) is 62.7 Å². The summed E-state index contributed by atoms with van der Waals surface area (Å²) in [4.78, 5) is 27.6. The number of ether oxygens (including phenoxy) is 1. The number of carbonyl (C=O) groups excluding carboxylic acids is 2. The van der Waals surface area contributed by atoms with Gasteiger partial charge in [-0.2, -0.15) is 4.31 Å². The number of nitrogens with zero attached hydrogens (tertiary/aromatic N) is 2.